The molecule has 1 atom stereocenters. The van der Waals surface area contributed by atoms with Gasteiger partial charge in [0.05, 0.1) is 12.3 Å². The third-order valence-corrected chi connectivity index (χ3v) is 5.04. The number of aryl methyl sites for hydroxylation is 1. The van der Waals surface area contributed by atoms with E-state index in [1.807, 2.05) is 90.5 Å². The van der Waals surface area contributed by atoms with Crippen molar-refractivity contribution in [2.24, 2.45) is 0 Å². The highest BCUT2D eigenvalue weighted by Gasteiger charge is 2.15. The average Bonchev–Trinajstić information content (AvgIpc) is 3.23. The summed E-state index contributed by atoms with van der Waals surface area (Å²) in [6.07, 6.45) is 5.51. The van der Waals surface area contributed by atoms with Gasteiger partial charge in [0.2, 0.25) is 5.78 Å². The second-order valence-electron chi connectivity index (χ2n) is 7.43. The Morgan fingerprint density at radius 1 is 1.10 bits per heavy atom. The van der Waals surface area contributed by atoms with Crippen LogP contribution in [0, 0.1) is 6.92 Å². The molecule has 0 bridgehead atoms. The standard InChI is InChI=1S/C26H27NO4/c1-3-24(26(29)30)31-18-21-8-4-7-20(17-21)9-5-15-27-16-6-10-23(27)25(28)22-13-11-19(2)12-14-22/h4-14,16-17,24H,3,15,18H2,1-2H3,(H,29,30)/b9-5+. The Morgan fingerprint density at radius 3 is 2.58 bits per heavy atom. The van der Waals surface area contributed by atoms with Crippen LogP contribution in [0.4, 0.5) is 0 Å². The molecule has 0 aliphatic rings. The van der Waals surface area contributed by atoms with Crippen molar-refractivity contribution in [3.8, 4) is 0 Å². The predicted molar refractivity (Wildman–Crippen MR) is 121 cm³/mol. The summed E-state index contributed by atoms with van der Waals surface area (Å²) >= 11 is 0. The van der Waals surface area contributed by atoms with Crippen molar-refractivity contribution in [3.05, 3.63) is 101 Å². The van der Waals surface area contributed by atoms with Gasteiger partial charge in [-0.05, 0) is 42.7 Å². The second-order valence-corrected chi connectivity index (χ2v) is 7.43. The normalized spacial score (nSPS) is 12.2. The Bertz CT molecular complexity index is 1060. The number of ether oxygens (including phenoxy) is 1. The van der Waals surface area contributed by atoms with Gasteiger partial charge in [0, 0.05) is 18.3 Å². The summed E-state index contributed by atoms with van der Waals surface area (Å²) in [6.45, 7) is 4.60. The molecule has 0 amide bonds. The number of ketones is 1. The molecule has 1 unspecified atom stereocenters. The first-order chi connectivity index (χ1) is 15.0. The molecule has 0 aliphatic carbocycles. The highest BCUT2D eigenvalue weighted by atomic mass is 16.5. The maximum atomic E-state index is 12.8. The number of carboxylic acid groups (broad SMARTS) is 1. The highest BCUT2D eigenvalue weighted by Crippen LogP contribution is 2.14. The average molecular weight is 418 g/mol. The zero-order valence-electron chi connectivity index (χ0n) is 17.8. The van der Waals surface area contributed by atoms with E-state index in [0.717, 1.165) is 16.7 Å². The molecule has 1 N–H and O–H groups in total. The number of carbonyl (C=O) groups is 2. The van der Waals surface area contributed by atoms with Crippen molar-refractivity contribution in [1.82, 2.24) is 4.57 Å². The van der Waals surface area contributed by atoms with Crippen molar-refractivity contribution in [1.29, 1.82) is 0 Å². The summed E-state index contributed by atoms with van der Waals surface area (Å²) < 4.78 is 7.40. The summed E-state index contributed by atoms with van der Waals surface area (Å²) in [7, 11) is 0. The van der Waals surface area contributed by atoms with Crippen LogP contribution in [0.3, 0.4) is 0 Å². The van der Waals surface area contributed by atoms with Crippen LogP contribution < -0.4 is 0 Å². The summed E-state index contributed by atoms with van der Waals surface area (Å²) in [5.74, 6) is -0.942. The van der Waals surface area contributed by atoms with E-state index in [1.54, 1.807) is 6.92 Å². The molecule has 3 rings (SSSR count). The van der Waals surface area contributed by atoms with Crippen LogP contribution in [-0.2, 0) is 22.7 Å². The number of carboxylic acids is 1. The second kappa shape index (κ2) is 10.5. The molecule has 0 saturated heterocycles. The maximum absolute atomic E-state index is 12.8. The zero-order chi connectivity index (χ0) is 22.2. The fourth-order valence-corrected chi connectivity index (χ4v) is 3.28. The van der Waals surface area contributed by atoms with E-state index >= 15 is 0 Å². The number of allylic oxidation sites excluding steroid dienone is 1. The molecule has 31 heavy (non-hydrogen) atoms. The SMILES string of the molecule is CCC(OCc1cccc(/C=C/Cn2cccc2C(=O)c2ccc(C)cc2)c1)C(=O)O. The molecule has 0 spiro atoms. The van der Waals surface area contributed by atoms with Crippen molar-refractivity contribution in [2.45, 2.75) is 39.5 Å². The molecule has 5 nitrogen and oxygen atoms in total. The topological polar surface area (TPSA) is 68.5 Å². The van der Waals surface area contributed by atoms with Gasteiger partial charge in [0.15, 0.2) is 6.10 Å². The fourth-order valence-electron chi connectivity index (χ4n) is 3.28. The number of rotatable bonds is 10. The molecule has 1 aromatic heterocycles. The molecule has 3 aromatic rings. The molecule has 1 heterocycles. The Balaban J connectivity index is 1.64. The van der Waals surface area contributed by atoms with Crippen LogP contribution in [0.2, 0.25) is 0 Å². The van der Waals surface area contributed by atoms with Crippen molar-refractivity contribution in [2.75, 3.05) is 0 Å². The molecule has 160 valence electrons. The van der Waals surface area contributed by atoms with E-state index < -0.39 is 12.1 Å². The number of nitrogens with zero attached hydrogens (tertiary/aromatic N) is 1. The molecule has 0 fully saturated rings. The molecular formula is C26H27NO4. The number of benzene rings is 2. The molecule has 0 radical (unpaired) electrons. The van der Waals surface area contributed by atoms with Gasteiger partial charge in [-0.1, -0.05) is 67.1 Å². The number of hydrogen-bond acceptors (Lipinski definition) is 3. The summed E-state index contributed by atoms with van der Waals surface area (Å²) in [5, 5.41) is 9.10. The van der Waals surface area contributed by atoms with Gasteiger partial charge in [0.1, 0.15) is 0 Å². The van der Waals surface area contributed by atoms with Crippen LogP contribution in [-0.4, -0.2) is 27.5 Å². The van der Waals surface area contributed by atoms with E-state index in [1.165, 1.54) is 0 Å². The molecular weight excluding hydrogens is 390 g/mol. The lowest BCUT2D eigenvalue weighted by Crippen LogP contribution is -2.22. The Kier molecular flexibility index (Phi) is 7.57. The van der Waals surface area contributed by atoms with E-state index in [2.05, 4.69) is 0 Å². The number of hydrogen-bond donors (Lipinski definition) is 1. The predicted octanol–water partition coefficient (Wildman–Crippen LogP) is 5.12. The minimum absolute atomic E-state index is 0.00135. The Labute approximate surface area is 182 Å². The van der Waals surface area contributed by atoms with Crippen LogP contribution in [0.15, 0.2) is 72.9 Å². The van der Waals surface area contributed by atoms with E-state index in [-0.39, 0.29) is 12.4 Å². The first-order valence-corrected chi connectivity index (χ1v) is 10.3. The smallest absolute Gasteiger partial charge is 0.332 e. The van der Waals surface area contributed by atoms with E-state index in [4.69, 9.17) is 9.84 Å². The van der Waals surface area contributed by atoms with Crippen LogP contribution >= 0.6 is 0 Å². The third kappa shape index (κ3) is 6.03. The molecule has 2 aromatic carbocycles. The van der Waals surface area contributed by atoms with Gasteiger partial charge in [-0.2, -0.15) is 0 Å². The van der Waals surface area contributed by atoms with E-state index in [9.17, 15) is 9.59 Å². The van der Waals surface area contributed by atoms with Crippen molar-refractivity contribution < 1.29 is 19.4 Å². The minimum Gasteiger partial charge on any atom is -0.479 e. The first-order valence-electron chi connectivity index (χ1n) is 10.3. The maximum Gasteiger partial charge on any atom is 0.332 e. The number of carbonyl (C=O) groups excluding carboxylic acids is 1. The lowest BCUT2D eigenvalue weighted by atomic mass is 10.1. The Hall–Kier alpha value is -3.44. The van der Waals surface area contributed by atoms with Gasteiger partial charge in [-0.25, -0.2) is 4.79 Å². The zero-order valence-corrected chi connectivity index (χ0v) is 17.8. The highest BCUT2D eigenvalue weighted by molar-refractivity contribution is 6.08. The quantitative estimate of drug-likeness (QED) is 0.465. The monoisotopic (exact) mass is 417 g/mol. The third-order valence-electron chi connectivity index (χ3n) is 5.04. The lowest BCUT2D eigenvalue weighted by Gasteiger charge is -2.11. The van der Waals surface area contributed by atoms with Gasteiger partial charge in [-0.3, -0.25) is 4.79 Å². The summed E-state index contributed by atoms with van der Waals surface area (Å²) in [5.41, 5.74) is 4.35. The number of aliphatic carboxylic acids is 1. The summed E-state index contributed by atoms with van der Waals surface area (Å²) in [6, 6.07) is 19.1. The summed E-state index contributed by atoms with van der Waals surface area (Å²) in [4.78, 5) is 23.9. The van der Waals surface area contributed by atoms with Crippen LogP contribution in [0.5, 0.6) is 0 Å². The largest absolute Gasteiger partial charge is 0.479 e. The lowest BCUT2D eigenvalue weighted by molar-refractivity contribution is -0.151. The number of aromatic nitrogens is 1. The molecule has 0 aliphatic heterocycles. The van der Waals surface area contributed by atoms with Crippen molar-refractivity contribution in [3.63, 3.8) is 0 Å². The van der Waals surface area contributed by atoms with Gasteiger partial charge >= 0.3 is 5.97 Å². The first kappa shape index (κ1) is 22.2. The van der Waals surface area contributed by atoms with Gasteiger partial charge in [0.25, 0.3) is 0 Å². The minimum atomic E-state index is -0.943. The Morgan fingerprint density at radius 2 is 1.87 bits per heavy atom. The molecule has 0 saturated carbocycles. The molecule has 5 heteroatoms. The van der Waals surface area contributed by atoms with Crippen molar-refractivity contribution >= 4 is 17.8 Å². The van der Waals surface area contributed by atoms with Crippen LogP contribution in [0.25, 0.3) is 6.08 Å². The van der Waals surface area contributed by atoms with Gasteiger partial charge in [-0.15, -0.1) is 0 Å². The van der Waals surface area contributed by atoms with Gasteiger partial charge < -0.3 is 14.4 Å². The van der Waals surface area contributed by atoms with E-state index in [0.29, 0.717) is 24.2 Å². The van der Waals surface area contributed by atoms with Crippen LogP contribution in [0.1, 0.15) is 46.1 Å². The fraction of sp³-hybridized carbons (Fsp3) is 0.231.